The molecule has 2 heterocycles. The van der Waals surface area contributed by atoms with Crippen molar-refractivity contribution in [2.75, 3.05) is 18.4 Å². The molecule has 4 rings (SSSR count). The Labute approximate surface area is 182 Å². The molecule has 1 saturated heterocycles. The van der Waals surface area contributed by atoms with Gasteiger partial charge < -0.3 is 15.6 Å². The summed E-state index contributed by atoms with van der Waals surface area (Å²) in [5.74, 6) is 1.51. The van der Waals surface area contributed by atoms with Crippen molar-refractivity contribution in [1.82, 2.24) is 20.2 Å². The van der Waals surface area contributed by atoms with Gasteiger partial charge in [-0.1, -0.05) is 26.0 Å². The first-order chi connectivity index (χ1) is 15.0. The molecule has 0 unspecified atom stereocenters. The second-order valence-corrected chi connectivity index (χ2v) is 8.55. The normalized spacial score (nSPS) is 19.3. The lowest BCUT2D eigenvalue weighted by atomic mass is 9.95. The van der Waals surface area contributed by atoms with Crippen molar-refractivity contribution in [2.24, 2.45) is 5.92 Å². The van der Waals surface area contributed by atoms with Crippen LogP contribution >= 0.6 is 0 Å². The predicted molar refractivity (Wildman–Crippen MR) is 122 cm³/mol. The Morgan fingerprint density at radius 1 is 1.26 bits per heavy atom. The number of urea groups is 1. The van der Waals surface area contributed by atoms with Gasteiger partial charge in [-0.05, 0) is 55.2 Å². The first-order valence-corrected chi connectivity index (χ1v) is 10.8. The van der Waals surface area contributed by atoms with Crippen LogP contribution in [-0.2, 0) is 0 Å². The van der Waals surface area contributed by atoms with Gasteiger partial charge in [-0.15, -0.1) is 0 Å². The molecule has 0 spiro atoms. The SMILES string of the molecule is CC(C)CN1CC[C@@H](NC(=O)Nc2ccc(C#N)cc2)C[C@@H]1c1nc2ccccc2[nH]1. The minimum Gasteiger partial charge on any atom is -0.341 e. The summed E-state index contributed by atoms with van der Waals surface area (Å²) < 4.78 is 0. The molecule has 3 aromatic rings. The zero-order valence-electron chi connectivity index (χ0n) is 17.9. The fourth-order valence-corrected chi connectivity index (χ4v) is 4.23. The fourth-order valence-electron chi connectivity index (χ4n) is 4.23. The van der Waals surface area contributed by atoms with Gasteiger partial charge in [0, 0.05) is 24.8 Å². The quantitative estimate of drug-likeness (QED) is 0.574. The number of nitrogens with one attached hydrogen (secondary N) is 3. The van der Waals surface area contributed by atoms with Gasteiger partial charge in [0.1, 0.15) is 5.82 Å². The van der Waals surface area contributed by atoms with Crippen molar-refractivity contribution in [3.63, 3.8) is 0 Å². The molecule has 1 aliphatic rings. The van der Waals surface area contributed by atoms with Crippen LogP contribution in [0.15, 0.2) is 48.5 Å². The van der Waals surface area contributed by atoms with Crippen molar-refractivity contribution in [1.29, 1.82) is 5.26 Å². The molecular weight excluding hydrogens is 388 g/mol. The zero-order valence-corrected chi connectivity index (χ0v) is 17.9. The average molecular weight is 417 g/mol. The molecule has 1 aromatic heterocycles. The van der Waals surface area contributed by atoms with Crippen LogP contribution < -0.4 is 10.6 Å². The third-order valence-electron chi connectivity index (χ3n) is 5.64. The highest BCUT2D eigenvalue weighted by Gasteiger charge is 2.32. The first kappa shape index (κ1) is 20.9. The molecule has 7 nitrogen and oxygen atoms in total. The molecule has 31 heavy (non-hydrogen) atoms. The number of aromatic nitrogens is 2. The van der Waals surface area contributed by atoms with Crippen molar-refractivity contribution >= 4 is 22.8 Å². The molecule has 7 heteroatoms. The molecule has 2 atom stereocenters. The van der Waals surface area contributed by atoms with Crippen molar-refractivity contribution < 1.29 is 4.79 Å². The number of rotatable bonds is 5. The van der Waals surface area contributed by atoms with E-state index in [-0.39, 0.29) is 18.1 Å². The molecule has 160 valence electrons. The summed E-state index contributed by atoms with van der Waals surface area (Å²) in [6.45, 7) is 6.35. The number of imidazole rings is 1. The molecular formula is C24H28N6O. The van der Waals surface area contributed by atoms with Gasteiger partial charge in [0.05, 0.1) is 28.7 Å². The first-order valence-electron chi connectivity index (χ1n) is 10.8. The van der Waals surface area contributed by atoms with Crippen molar-refractivity contribution in [3.05, 3.63) is 59.9 Å². The van der Waals surface area contributed by atoms with E-state index in [9.17, 15) is 4.79 Å². The molecule has 1 fully saturated rings. The second kappa shape index (κ2) is 9.19. The Morgan fingerprint density at radius 3 is 2.74 bits per heavy atom. The van der Waals surface area contributed by atoms with Crippen LogP contribution in [-0.4, -0.2) is 40.0 Å². The molecule has 0 bridgehead atoms. The highest BCUT2D eigenvalue weighted by atomic mass is 16.2. The summed E-state index contributed by atoms with van der Waals surface area (Å²) >= 11 is 0. The Morgan fingerprint density at radius 2 is 2.03 bits per heavy atom. The van der Waals surface area contributed by atoms with Gasteiger partial charge in [0.15, 0.2) is 0 Å². The van der Waals surface area contributed by atoms with E-state index in [4.69, 9.17) is 10.2 Å². The summed E-state index contributed by atoms with van der Waals surface area (Å²) in [7, 11) is 0. The van der Waals surface area contributed by atoms with E-state index < -0.39 is 0 Å². The number of benzene rings is 2. The van der Waals surface area contributed by atoms with Crippen LogP contribution in [0.5, 0.6) is 0 Å². The third kappa shape index (κ3) is 5.04. The lowest BCUT2D eigenvalue weighted by molar-refractivity contribution is 0.108. The lowest BCUT2D eigenvalue weighted by Gasteiger charge is -2.39. The maximum absolute atomic E-state index is 12.6. The summed E-state index contributed by atoms with van der Waals surface area (Å²) in [4.78, 5) is 23.4. The molecule has 0 saturated carbocycles. The number of anilines is 1. The number of likely N-dealkylation sites (tertiary alicyclic amines) is 1. The van der Waals surface area contributed by atoms with E-state index in [1.54, 1.807) is 24.3 Å². The number of hydrogen-bond donors (Lipinski definition) is 3. The number of nitriles is 1. The molecule has 2 amide bonds. The lowest BCUT2D eigenvalue weighted by Crippen LogP contribution is -2.48. The van der Waals surface area contributed by atoms with Crippen LogP contribution in [0.2, 0.25) is 0 Å². The summed E-state index contributed by atoms with van der Waals surface area (Å²) in [6.07, 6.45) is 1.69. The van der Waals surface area contributed by atoms with Crippen LogP contribution in [0.25, 0.3) is 11.0 Å². The number of nitrogens with zero attached hydrogens (tertiary/aromatic N) is 3. The highest BCUT2D eigenvalue weighted by Crippen LogP contribution is 2.31. The van der Waals surface area contributed by atoms with E-state index in [1.807, 2.05) is 24.3 Å². The fraction of sp³-hybridized carbons (Fsp3) is 0.375. The maximum Gasteiger partial charge on any atom is 0.319 e. The van der Waals surface area contributed by atoms with Gasteiger partial charge in [-0.3, -0.25) is 4.90 Å². The number of aromatic amines is 1. The molecule has 2 aromatic carbocycles. The summed E-state index contributed by atoms with van der Waals surface area (Å²) in [6, 6.07) is 17.0. The number of piperidine rings is 1. The van der Waals surface area contributed by atoms with Crippen LogP contribution in [0.4, 0.5) is 10.5 Å². The molecule has 3 N–H and O–H groups in total. The third-order valence-corrected chi connectivity index (χ3v) is 5.64. The van der Waals surface area contributed by atoms with Gasteiger partial charge in [-0.2, -0.15) is 5.26 Å². The summed E-state index contributed by atoms with van der Waals surface area (Å²) in [5, 5.41) is 14.9. The molecule has 1 aliphatic heterocycles. The van der Waals surface area contributed by atoms with Gasteiger partial charge >= 0.3 is 6.03 Å². The Balaban J connectivity index is 1.45. The Bertz CT molecular complexity index is 1050. The van der Waals surface area contributed by atoms with E-state index in [0.29, 0.717) is 17.2 Å². The van der Waals surface area contributed by atoms with Crippen LogP contribution in [0.3, 0.4) is 0 Å². The van der Waals surface area contributed by atoms with E-state index in [1.165, 1.54) is 0 Å². The second-order valence-electron chi connectivity index (χ2n) is 8.55. The number of carbonyl (C=O) groups excluding carboxylic acids is 1. The number of carbonyl (C=O) groups is 1. The minimum atomic E-state index is -0.227. The van der Waals surface area contributed by atoms with Crippen LogP contribution in [0, 0.1) is 17.2 Å². The number of amides is 2. The minimum absolute atomic E-state index is 0.0556. The Kier molecular flexibility index (Phi) is 6.19. The monoisotopic (exact) mass is 416 g/mol. The van der Waals surface area contributed by atoms with Gasteiger partial charge in [-0.25, -0.2) is 9.78 Å². The molecule has 0 aliphatic carbocycles. The van der Waals surface area contributed by atoms with Crippen LogP contribution in [0.1, 0.15) is 44.1 Å². The van der Waals surface area contributed by atoms with Gasteiger partial charge in [0.2, 0.25) is 0 Å². The topological polar surface area (TPSA) is 96.8 Å². The number of fused-ring (bicyclic) bond motifs is 1. The van der Waals surface area contributed by atoms with Gasteiger partial charge in [0.25, 0.3) is 0 Å². The zero-order chi connectivity index (χ0) is 21.8. The molecule has 0 radical (unpaired) electrons. The van der Waals surface area contributed by atoms with E-state index in [2.05, 4.69) is 40.4 Å². The largest absolute Gasteiger partial charge is 0.341 e. The standard InChI is InChI=1S/C24H28N6O/c1-16(2)15-30-12-11-19(27-24(31)26-18-9-7-17(14-25)8-10-18)13-22(30)23-28-20-5-3-4-6-21(20)29-23/h3-10,16,19,22H,11-13,15H2,1-2H3,(H,28,29)(H2,26,27,31)/t19-,22-/m1/s1. The number of para-hydroxylation sites is 2. The maximum atomic E-state index is 12.6. The number of hydrogen-bond acceptors (Lipinski definition) is 4. The number of H-pyrrole nitrogens is 1. The van der Waals surface area contributed by atoms with E-state index in [0.717, 1.165) is 42.8 Å². The average Bonchev–Trinajstić information content (AvgIpc) is 3.19. The Hall–Kier alpha value is -3.37. The van der Waals surface area contributed by atoms with Crippen molar-refractivity contribution in [2.45, 2.75) is 38.8 Å². The highest BCUT2D eigenvalue weighted by molar-refractivity contribution is 5.89. The van der Waals surface area contributed by atoms with E-state index >= 15 is 0 Å². The predicted octanol–water partition coefficient (Wildman–Crippen LogP) is 4.42. The van der Waals surface area contributed by atoms with Crippen molar-refractivity contribution in [3.8, 4) is 6.07 Å². The summed E-state index contributed by atoms with van der Waals surface area (Å²) in [5.41, 5.74) is 3.24. The smallest absolute Gasteiger partial charge is 0.319 e.